The van der Waals surface area contributed by atoms with Gasteiger partial charge in [0.05, 0.1) is 24.7 Å². The van der Waals surface area contributed by atoms with E-state index in [9.17, 15) is 13.2 Å². The summed E-state index contributed by atoms with van der Waals surface area (Å²) >= 11 is 0. The van der Waals surface area contributed by atoms with E-state index in [-0.39, 0.29) is 17.5 Å². The molecule has 0 aliphatic carbocycles. The number of esters is 1. The lowest BCUT2D eigenvalue weighted by Gasteiger charge is -2.28. The van der Waals surface area contributed by atoms with Crippen LogP contribution < -0.4 is 9.46 Å². The zero-order valence-electron chi connectivity index (χ0n) is 17.6. The highest BCUT2D eigenvalue weighted by molar-refractivity contribution is 7.89. The molecule has 1 saturated heterocycles. The molecule has 1 aliphatic heterocycles. The van der Waals surface area contributed by atoms with E-state index >= 15 is 0 Å². The minimum absolute atomic E-state index is 0.0668. The van der Waals surface area contributed by atoms with Crippen molar-refractivity contribution in [3.63, 3.8) is 0 Å². The molecular weight excluding hydrogens is 404 g/mol. The number of carbonyl (C=O) groups excluding carboxylic acids is 1. The summed E-state index contributed by atoms with van der Waals surface area (Å²) in [4.78, 5) is 14.2. The lowest BCUT2D eigenvalue weighted by Crippen LogP contribution is -2.37. The van der Waals surface area contributed by atoms with Crippen LogP contribution in [-0.2, 0) is 14.8 Å². The first-order valence-electron chi connectivity index (χ1n) is 9.92. The summed E-state index contributed by atoms with van der Waals surface area (Å²) in [7, 11) is -0.826. The predicted molar refractivity (Wildman–Crippen MR) is 114 cm³/mol. The van der Waals surface area contributed by atoms with Crippen LogP contribution in [0.4, 0.5) is 0 Å². The number of likely N-dealkylation sites (tertiary alicyclic amines) is 1. The number of aryl methyl sites for hydroxylation is 1. The third kappa shape index (κ3) is 5.00. The first-order chi connectivity index (χ1) is 14.4. The Morgan fingerprint density at radius 2 is 1.77 bits per heavy atom. The Labute approximate surface area is 178 Å². The molecule has 0 saturated carbocycles. The molecule has 0 radical (unpaired) electrons. The van der Waals surface area contributed by atoms with Crippen molar-refractivity contribution in [3.05, 3.63) is 59.2 Å². The number of carbonyl (C=O) groups is 1. The molecule has 1 fully saturated rings. The van der Waals surface area contributed by atoms with Crippen LogP contribution in [0.2, 0.25) is 0 Å². The summed E-state index contributed by atoms with van der Waals surface area (Å²) in [6, 6.07) is 12.1. The molecule has 0 spiro atoms. The summed E-state index contributed by atoms with van der Waals surface area (Å²) in [5.41, 5.74) is 1.85. The average molecular weight is 433 g/mol. The summed E-state index contributed by atoms with van der Waals surface area (Å²) in [5.74, 6) is 0.268. The second-order valence-corrected chi connectivity index (χ2v) is 9.09. The van der Waals surface area contributed by atoms with E-state index in [1.807, 2.05) is 24.3 Å². The highest BCUT2D eigenvalue weighted by Crippen LogP contribution is 2.27. The molecule has 2 aromatic rings. The number of methoxy groups -OCH3 is 2. The molecule has 1 N–H and O–H groups in total. The molecule has 162 valence electrons. The van der Waals surface area contributed by atoms with Gasteiger partial charge < -0.3 is 9.47 Å². The molecule has 1 aliphatic rings. The largest absolute Gasteiger partial charge is 0.497 e. The van der Waals surface area contributed by atoms with E-state index in [0.717, 1.165) is 37.2 Å². The molecule has 1 unspecified atom stereocenters. The maximum Gasteiger partial charge on any atom is 0.337 e. The molecule has 0 bridgehead atoms. The van der Waals surface area contributed by atoms with Gasteiger partial charge in [0.15, 0.2) is 0 Å². The van der Waals surface area contributed by atoms with Gasteiger partial charge in [-0.25, -0.2) is 17.9 Å². The van der Waals surface area contributed by atoms with Gasteiger partial charge in [-0.05, 0) is 74.3 Å². The van der Waals surface area contributed by atoms with Crippen molar-refractivity contribution < 1.29 is 22.7 Å². The van der Waals surface area contributed by atoms with Gasteiger partial charge in [-0.3, -0.25) is 4.90 Å². The normalized spacial score (nSPS) is 15.7. The third-order valence-corrected chi connectivity index (χ3v) is 7.02. The lowest BCUT2D eigenvalue weighted by atomic mass is 10.1. The van der Waals surface area contributed by atoms with Gasteiger partial charge in [0.1, 0.15) is 5.75 Å². The van der Waals surface area contributed by atoms with Gasteiger partial charge in [-0.15, -0.1) is 0 Å². The molecule has 3 rings (SSSR count). The highest BCUT2D eigenvalue weighted by Gasteiger charge is 2.26. The Balaban J connectivity index is 1.80. The summed E-state index contributed by atoms with van der Waals surface area (Å²) in [6.07, 6.45) is 2.21. The van der Waals surface area contributed by atoms with Crippen LogP contribution in [0.3, 0.4) is 0 Å². The molecule has 0 amide bonds. The Kier molecular flexibility index (Phi) is 7.12. The smallest absolute Gasteiger partial charge is 0.337 e. The van der Waals surface area contributed by atoms with Crippen LogP contribution in [0.25, 0.3) is 0 Å². The van der Waals surface area contributed by atoms with Gasteiger partial charge in [0.2, 0.25) is 10.0 Å². The van der Waals surface area contributed by atoms with Crippen molar-refractivity contribution in [2.24, 2.45) is 0 Å². The van der Waals surface area contributed by atoms with E-state index in [1.54, 1.807) is 14.0 Å². The van der Waals surface area contributed by atoms with E-state index in [2.05, 4.69) is 9.62 Å². The predicted octanol–water partition coefficient (Wildman–Crippen LogP) is 2.91. The minimum atomic E-state index is -3.74. The van der Waals surface area contributed by atoms with Crippen LogP contribution in [0.15, 0.2) is 47.4 Å². The fourth-order valence-electron chi connectivity index (χ4n) is 3.80. The van der Waals surface area contributed by atoms with Gasteiger partial charge in [0.25, 0.3) is 0 Å². The van der Waals surface area contributed by atoms with Crippen LogP contribution in [0.5, 0.6) is 5.75 Å². The van der Waals surface area contributed by atoms with Crippen LogP contribution >= 0.6 is 0 Å². The number of rotatable bonds is 8. The maximum absolute atomic E-state index is 13.0. The van der Waals surface area contributed by atoms with Gasteiger partial charge >= 0.3 is 5.97 Å². The fourth-order valence-corrected chi connectivity index (χ4v) is 5.06. The van der Waals surface area contributed by atoms with Crippen LogP contribution in [0.1, 0.15) is 40.4 Å². The first kappa shape index (κ1) is 22.3. The van der Waals surface area contributed by atoms with Crippen LogP contribution in [-0.4, -0.2) is 53.1 Å². The number of hydrogen-bond donors (Lipinski definition) is 1. The van der Waals surface area contributed by atoms with Crippen molar-refractivity contribution in [1.29, 1.82) is 0 Å². The topological polar surface area (TPSA) is 84.9 Å². The lowest BCUT2D eigenvalue weighted by molar-refractivity contribution is 0.0600. The Hall–Kier alpha value is -2.42. The quantitative estimate of drug-likeness (QED) is 0.646. The first-order valence-corrected chi connectivity index (χ1v) is 11.4. The van der Waals surface area contributed by atoms with Gasteiger partial charge in [-0.2, -0.15) is 0 Å². The minimum Gasteiger partial charge on any atom is -0.497 e. The fraction of sp³-hybridized carbons (Fsp3) is 0.409. The molecule has 30 heavy (non-hydrogen) atoms. The summed E-state index contributed by atoms with van der Waals surface area (Å²) in [6.45, 7) is 3.80. The van der Waals surface area contributed by atoms with Crippen molar-refractivity contribution in [2.45, 2.75) is 30.7 Å². The second kappa shape index (κ2) is 9.59. The molecule has 0 aromatic heterocycles. The van der Waals surface area contributed by atoms with Gasteiger partial charge in [-0.1, -0.05) is 12.1 Å². The number of benzene rings is 2. The average Bonchev–Trinajstić information content (AvgIpc) is 3.28. The zero-order chi connectivity index (χ0) is 21.7. The monoisotopic (exact) mass is 432 g/mol. The zero-order valence-corrected chi connectivity index (χ0v) is 18.4. The molecule has 7 nitrogen and oxygen atoms in total. The number of nitrogens with zero attached hydrogens (tertiary/aromatic N) is 1. The van der Waals surface area contributed by atoms with Crippen molar-refractivity contribution in [3.8, 4) is 5.75 Å². The molecular formula is C22H28N2O5S. The third-order valence-electron chi connectivity index (χ3n) is 5.43. The van der Waals surface area contributed by atoms with Crippen molar-refractivity contribution in [2.75, 3.05) is 33.9 Å². The SMILES string of the molecule is COC(=O)c1ccc(S(=O)(=O)NCC(c2ccc(OC)cc2)N2CCCC2)c(C)c1. The summed E-state index contributed by atoms with van der Waals surface area (Å²) < 4.78 is 38.7. The maximum atomic E-state index is 13.0. The number of hydrogen-bond acceptors (Lipinski definition) is 6. The second-order valence-electron chi connectivity index (χ2n) is 7.36. The van der Waals surface area contributed by atoms with E-state index in [0.29, 0.717) is 11.1 Å². The van der Waals surface area contributed by atoms with Crippen LogP contribution in [0, 0.1) is 6.92 Å². The number of ether oxygens (including phenoxy) is 2. The Morgan fingerprint density at radius 1 is 1.10 bits per heavy atom. The number of sulfonamides is 1. The van der Waals surface area contributed by atoms with E-state index < -0.39 is 16.0 Å². The van der Waals surface area contributed by atoms with Crippen molar-refractivity contribution >= 4 is 16.0 Å². The molecule has 1 heterocycles. The van der Waals surface area contributed by atoms with E-state index in [1.165, 1.54) is 25.3 Å². The van der Waals surface area contributed by atoms with E-state index in [4.69, 9.17) is 9.47 Å². The summed E-state index contributed by atoms with van der Waals surface area (Å²) in [5, 5.41) is 0. The molecule has 1 atom stereocenters. The Bertz CT molecular complexity index is 983. The van der Waals surface area contributed by atoms with Crippen molar-refractivity contribution in [1.82, 2.24) is 9.62 Å². The highest BCUT2D eigenvalue weighted by atomic mass is 32.2. The van der Waals surface area contributed by atoms with Gasteiger partial charge in [0, 0.05) is 12.6 Å². The standard InChI is InChI=1S/C22H28N2O5S/c1-16-14-18(22(25)29-3)8-11-21(16)30(26,27)23-15-20(24-12-4-5-13-24)17-6-9-19(28-2)10-7-17/h6-11,14,20,23H,4-5,12-13,15H2,1-3H3. The molecule has 8 heteroatoms. The Morgan fingerprint density at radius 3 is 2.33 bits per heavy atom. The number of nitrogens with one attached hydrogen (secondary N) is 1. The molecule has 2 aromatic carbocycles.